The molecule has 0 radical (unpaired) electrons. The second kappa shape index (κ2) is 5.66. The summed E-state index contributed by atoms with van der Waals surface area (Å²) < 4.78 is 17.5. The summed E-state index contributed by atoms with van der Waals surface area (Å²) >= 11 is 0. The first-order valence-electron chi connectivity index (χ1n) is 4.72. The molecular formula is C12H10FNO2. The number of esters is 1. The molecule has 0 atom stereocenters. The zero-order chi connectivity index (χ0) is 12.0. The van der Waals surface area contributed by atoms with Gasteiger partial charge in [0.1, 0.15) is 17.5 Å². The topological polar surface area (TPSA) is 50.1 Å². The van der Waals surface area contributed by atoms with Gasteiger partial charge in [-0.3, -0.25) is 0 Å². The molecule has 3 nitrogen and oxygen atoms in total. The number of rotatable bonds is 3. The van der Waals surface area contributed by atoms with E-state index in [1.54, 1.807) is 19.1 Å². The highest BCUT2D eigenvalue weighted by Crippen LogP contribution is 2.09. The van der Waals surface area contributed by atoms with Crippen molar-refractivity contribution in [1.29, 1.82) is 5.26 Å². The molecule has 0 aliphatic rings. The van der Waals surface area contributed by atoms with Gasteiger partial charge in [0.25, 0.3) is 0 Å². The molecule has 0 fully saturated rings. The maximum absolute atomic E-state index is 12.8. The van der Waals surface area contributed by atoms with Gasteiger partial charge in [-0.2, -0.15) is 5.26 Å². The van der Waals surface area contributed by atoms with Gasteiger partial charge < -0.3 is 4.74 Å². The average molecular weight is 219 g/mol. The zero-order valence-electron chi connectivity index (χ0n) is 8.74. The number of nitrogens with zero attached hydrogens (tertiary/aromatic N) is 1. The summed E-state index contributed by atoms with van der Waals surface area (Å²) in [6, 6.07) is 7.34. The van der Waals surface area contributed by atoms with Crippen LogP contribution in [0.5, 0.6) is 0 Å². The molecule has 0 unspecified atom stereocenters. The van der Waals surface area contributed by atoms with Crippen LogP contribution < -0.4 is 0 Å². The third-order valence-electron chi connectivity index (χ3n) is 1.78. The summed E-state index contributed by atoms with van der Waals surface area (Å²) in [5, 5.41) is 8.74. The molecule has 1 aromatic carbocycles. The summed E-state index contributed by atoms with van der Waals surface area (Å²) in [6.07, 6.45) is 1.29. The van der Waals surface area contributed by atoms with Gasteiger partial charge in [-0.25, -0.2) is 9.18 Å². The standard InChI is InChI=1S/C12H10FNO2/c1-2-16-12(15)10(8-14)6-9-4-3-5-11(13)7-9/h3-7H,2H2,1H3/b10-6-. The highest BCUT2D eigenvalue weighted by molar-refractivity contribution is 5.97. The van der Waals surface area contributed by atoms with Crippen molar-refractivity contribution in [2.75, 3.05) is 6.61 Å². The molecule has 0 amide bonds. The van der Waals surface area contributed by atoms with Crippen molar-refractivity contribution in [3.05, 3.63) is 41.2 Å². The maximum Gasteiger partial charge on any atom is 0.348 e. The number of nitriles is 1. The highest BCUT2D eigenvalue weighted by Gasteiger charge is 2.09. The van der Waals surface area contributed by atoms with Crippen LogP contribution in [0, 0.1) is 17.1 Å². The number of halogens is 1. The Kier molecular flexibility index (Phi) is 4.22. The Balaban J connectivity index is 2.97. The second-order valence-electron chi connectivity index (χ2n) is 2.95. The van der Waals surface area contributed by atoms with Crippen LogP contribution in [0.15, 0.2) is 29.8 Å². The van der Waals surface area contributed by atoms with Gasteiger partial charge in [-0.15, -0.1) is 0 Å². The lowest BCUT2D eigenvalue weighted by molar-refractivity contribution is -0.137. The third-order valence-corrected chi connectivity index (χ3v) is 1.78. The van der Waals surface area contributed by atoms with Gasteiger partial charge in [0, 0.05) is 0 Å². The van der Waals surface area contributed by atoms with Crippen LogP contribution in [-0.2, 0) is 9.53 Å². The van der Waals surface area contributed by atoms with Crippen LogP contribution in [0.2, 0.25) is 0 Å². The van der Waals surface area contributed by atoms with Gasteiger partial charge in [0.2, 0.25) is 0 Å². The van der Waals surface area contributed by atoms with Crippen LogP contribution in [-0.4, -0.2) is 12.6 Å². The number of carbonyl (C=O) groups is 1. The third kappa shape index (κ3) is 3.21. The quantitative estimate of drug-likeness (QED) is 0.445. The average Bonchev–Trinajstić information content (AvgIpc) is 2.26. The maximum atomic E-state index is 12.8. The van der Waals surface area contributed by atoms with Crippen molar-refractivity contribution in [2.45, 2.75) is 6.92 Å². The minimum Gasteiger partial charge on any atom is -0.462 e. The molecule has 0 aliphatic heterocycles. The Morgan fingerprint density at radius 3 is 2.94 bits per heavy atom. The van der Waals surface area contributed by atoms with E-state index in [4.69, 9.17) is 5.26 Å². The predicted octanol–water partition coefficient (Wildman–Crippen LogP) is 2.30. The summed E-state index contributed by atoms with van der Waals surface area (Å²) in [5.74, 6) is -1.12. The molecule has 0 spiro atoms. The van der Waals surface area contributed by atoms with Gasteiger partial charge in [-0.05, 0) is 30.7 Å². The van der Waals surface area contributed by atoms with E-state index in [0.29, 0.717) is 5.56 Å². The molecule has 4 heteroatoms. The van der Waals surface area contributed by atoms with E-state index in [9.17, 15) is 9.18 Å². The monoisotopic (exact) mass is 219 g/mol. The van der Waals surface area contributed by atoms with E-state index in [1.165, 1.54) is 24.3 Å². The molecule has 1 rings (SSSR count). The molecule has 82 valence electrons. The molecule has 0 saturated heterocycles. The van der Waals surface area contributed by atoms with Crippen LogP contribution >= 0.6 is 0 Å². The number of hydrogen-bond donors (Lipinski definition) is 0. The van der Waals surface area contributed by atoms with Gasteiger partial charge in [0.15, 0.2) is 0 Å². The Morgan fingerprint density at radius 1 is 1.62 bits per heavy atom. The number of hydrogen-bond acceptors (Lipinski definition) is 3. The van der Waals surface area contributed by atoms with E-state index in [1.807, 2.05) is 0 Å². The summed E-state index contributed by atoms with van der Waals surface area (Å²) in [5.41, 5.74) is 0.303. The molecule has 0 aliphatic carbocycles. The van der Waals surface area contributed by atoms with Crippen molar-refractivity contribution in [3.63, 3.8) is 0 Å². The largest absolute Gasteiger partial charge is 0.462 e. The molecular weight excluding hydrogens is 209 g/mol. The SMILES string of the molecule is CCOC(=O)/C(C#N)=C\c1cccc(F)c1. The first kappa shape index (κ1) is 11.9. The predicted molar refractivity (Wildman–Crippen MR) is 56.6 cm³/mol. The first-order chi connectivity index (χ1) is 7.67. The van der Waals surface area contributed by atoms with E-state index >= 15 is 0 Å². The molecule has 0 saturated carbocycles. The van der Waals surface area contributed by atoms with E-state index < -0.39 is 11.8 Å². The van der Waals surface area contributed by atoms with Crippen LogP contribution in [0.3, 0.4) is 0 Å². The van der Waals surface area contributed by atoms with Crippen molar-refractivity contribution in [2.24, 2.45) is 0 Å². The fourth-order valence-corrected chi connectivity index (χ4v) is 1.11. The molecule has 16 heavy (non-hydrogen) atoms. The van der Waals surface area contributed by atoms with E-state index in [-0.39, 0.29) is 12.2 Å². The van der Waals surface area contributed by atoms with Gasteiger partial charge in [-0.1, -0.05) is 12.1 Å². The normalized spacial score (nSPS) is 10.7. The minimum atomic E-state index is -0.700. The van der Waals surface area contributed by atoms with Crippen molar-refractivity contribution < 1.29 is 13.9 Å². The molecule has 0 aromatic heterocycles. The summed E-state index contributed by atoms with van der Waals surface area (Å²) in [6.45, 7) is 1.84. The molecule has 0 bridgehead atoms. The van der Waals surface area contributed by atoms with Crippen molar-refractivity contribution >= 4 is 12.0 Å². The van der Waals surface area contributed by atoms with Gasteiger partial charge in [0.05, 0.1) is 6.61 Å². The summed E-state index contributed by atoms with van der Waals surface area (Å²) in [4.78, 5) is 11.3. The Bertz CT molecular complexity index is 460. The highest BCUT2D eigenvalue weighted by atomic mass is 19.1. The Morgan fingerprint density at radius 2 is 2.38 bits per heavy atom. The Hall–Kier alpha value is -2.15. The van der Waals surface area contributed by atoms with Crippen LogP contribution in [0.1, 0.15) is 12.5 Å². The molecule has 0 heterocycles. The summed E-state index contributed by atoms with van der Waals surface area (Å²) in [7, 11) is 0. The molecule has 1 aromatic rings. The van der Waals surface area contributed by atoms with Crippen LogP contribution in [0.25, 0.3) is 6.08 Å². The van der Waals surface area contributed by atoms with E-state index in [2.05, 4.69) is 4.74 Å². The lowest BCUT2D eigenvalue weighted by Gasteiger charge is -1.99. The van der Waals surface area contributed by atoms with Crippen molar-refractivity contribution in [1.82, 2.24) is 0 Å². The fraction of sp³-hybridized carbons (Fsp3) is 0.167. The lowest BCUT2D eigenvalue weighted by atomic mass is 10.1. The number of ether oxygens (including phenoxy) is 1. The zero-order valence-corrected chi connectivity index (χ0v) is 8.74. The smallest absolute Gasteiger partial charge is 0.348 e. The molecule has 0 N–H and O–H groups in total. The van der Waals surface area contributed by atoms with Gasteiger partial charge >= 0.3 is 5.97 Å². The van der Waals surface area contributed by atoms with Crippen molar-refractivity contribution in [3.8, 4) is 6.07 Å². The Labute approximate surface area is 92.8 Å². The first-order valence-corrected chi connectivity index (χ1v) is 4.72. The van der Waals surface area contributed by atoms with Crippen LogP contribution in [0.4, 0.5) is 4.39 Å². The fourth-order valence-electron chi connectivity index (χ4n) is 1.11. The van der Waals surface area contributed by atoms with E-state index in [0.717, 1.165) is 0 Å². The second-order valence-corrected chi connectivity index (χ2v) is 2.95. The number of carbonyl (C=O) groups excluding carboxylic acids is 1. The minimum absolute atomic E-state index is 0.146. The lowest BCUT2D eigenvalue weighted by Crippen LogP contribution is -2.05. The number of benzene rings is 1.